The zero-order valence-corrected chi connectivity index (χ0v) is 16.6. The normalized spacial score (nSPS) is 12.2. The van der Waals surface area contributed by atoms with Gasteiger partial charge in [-0.1, -0.05) is 54.6 Å². The van der Waals surface area contributed by atoms with Gasteiger partial charge in [0, 0.05) is 22.1 Å². The minimum atomic E-state index is -0.786. The lowest BCUT2D eigenvalue weighted by molar-refractivity contribution is -0.119. The second-order valence-electron chi connectivity index (χ2n) is 7.20. The zero-order valence-electron chi connectivity index (χ0n) is 16.6. The number of ketones is 2. The Balaban J connectivity index is 1.33. The van der Waals surface area contributed by atoms with Crippen LogP contribution >= 0.6 is 0 Å². The molecule has 1 aromatic heterocycles. The van der Waals surface area contributed by atoms with E-state index in [1.807, 2.05) is 6.07 Å². The first-order valence-corrected chi connectivity index (χ1v) is 9.80. The Morgan fingerprint density at radius 2 is 1.50 bits per heavy atom. The summed E-state index contributed by atoms with van der Waals surface area (Å²) in [5, 5.41) is 3.30. The fourth-order valence-corrected chi connectivity index (χ4v) is 3.72. The van der Waals surface area contributed by atoms with Crippen LogP contribution in [0, 0.1) is 0 Å². The summed E-state index contributed by atoms with van der Waals surface area (Å²) >= 11 is 0. The molecule has 0 saturated carbocycles. The molecule has 0 unspecified atom stereocenters. The average Bonchev–Trinajstić information content (AvgIpc) is 3.25. The molecule has 4 aromatic rings. The summed E-state index contributed by atoms with van der Waals surface area (Å²) in [7, 11) is 0. The lowest BCUT2D eigenvalue weighted by atomic mass is 9.83. The molecule has 3 aromatic carbocycles. The lowest BCUT2D eigenvalue weighted by Crippen LogP contribution is -2.26. The maximum Gasteiger partial charge on any atom is 0.374 e. The minimum Gasteiger partial charge on any atom is -0.450 e. The Hall–Kier alpha value is -4.52. The first-order valence-electron chi connectivity index (χ1n) is 9.80. The first-order chi connectivity index (χ1) is 15.5. The maximum absolute atomic E-state index is 13.0. The summed E-state index contributed by atoms with van der Waals surface area (Å²) in [6, 6.07) is 19.8. The SMILES string of the molecule is O=C(COC(=O)c1cc2ccccc2o1)Nc1cccc2c1C(=O)c1ccccc1C2=O. The largest absolute Gasteiger partial charge is 0.450 e. The summed E-state index contributed by atoms with van der Waals surface area (Å²) < 4.78 is 10.5. The number of benzene rings is 3. The van der Waals surface area contributed by atoms with Crippen LogP contribution < -0.4 is 5.32 Å². The van der Waals surface area contributed by atoms with Gasteiger partial charge in [-0.05, 0) is 18.2 Å². The molecule has 1 heterocycles. The molecule has 0 fully saturated rings. The van der Waals surface area contributed by atoms with Crippen molar-refractivity contribution in [2.45, 2.75) is 0 Å². The highest BCUT2D eigenvalue weighted by molar-refractivity contribution is 6.30. The highest BCUT2D eigenvalue weighted by atomic mass is 16.5. The van der Waals surface area contributed by atoms with Crippen molar-refractivity contribution in [3.8, 4) is 0 Å². The van der Waals surface area contributed by atoms with Gasteiger partial charge in [-0.3, -0.25) is 14.4 Å². The summed E-state index contributed by atoms with van der Waals surface area (Å²) in [5.41, 5.74) is 1.65. The van der Waals surface area contributed by atoms with Gasteiger partial charge in [0.15, 0.2) is 18.2 Å². The molecule has 1 aliphatic carbocycles. The van der Waals surface area contributed by atoms with E-state index >= 15 is 0 Å². The number of esters is 1. The molecule has 5 rings (SSSR count). The highest BCUT2D eigenvalue weighted by Gasteiger charge is 2.31. The van der Waals surface area contributed by atoms with Crippen LogP contribution in [0.4, 0.5) is 5.69 Å². The summed E-state index contributed by atoms with van der Waals surface area (Å²) in [6.07, 6.45) is 0. The van der Waals surface area contributed by atoms with Crippen LogP contribution in [-0.2, 0) is 9.53 Å². The zero-order chi connectivity index (χ0) is 22.2. The highest BCUT2D eigenvalue weighted by Crippen LogP contribution is 2.31. The van der Waals surface area contributed by atoms with E-state index in [2.05, 4.69) is 5.32 Å². The number of carbonyl (C=O) groups excluding carboxylic acids is 4. The third kappa shape index (κ3) is 3.26. The van der Waals surface area contributed by atoms with Crippen molar-refractivity contribution in [2.75, 3.05) is 11.9 Å². The number of carbonyl (C=O) groups is 4. The Morgan fingerprint density at radius 1 is 0.812 bits per heavy atom. The third-order valence-electron chi connectivity index (χ3n) is 5.19. The Labute approximate surface area is 181 Å². The Kier molecular flexibility index (Phi) is 4.63. The van der Waals surface area contributed by atoms with Crippen molar-refractivity contribution in [3.05, 3.63) is 101 Å². The van der Waals surface area contributed by atoms with Crippen LogP contribution in [0.2, 0.25) is 0 Å². The second kappa shape index (κ2) is 7.63. The molecule has 1 N–H and O–H groups in total. The predicted octanol–water partition coefficient (Wildman–Crippen LogP) is 4.00. The number of nitrogens with one attached hydrogen (secondary N) is 1. The van der Waals surface area contributed by atoms with Gasteiger partial charge in [0.2, 0.25) is 5.76 Å². The predicted molar refractivity (Wildman–Crippen MR) is 115 cm³/mol. The first kappa shape index (κ1) is 19.4. The van der Waals surface area contributed by atoms with E-state index in [0.29, 0.717) is 11.1 Å². The number of furan rings is 1. The fraction of sp³-hybridized carbons (Fsp3) is 0.0400. The van der Waals surface area contributed by atoms with Crippen LogP contribution in [0.1, 0.15) is 42.4 Å². The van der Waals surface area contributed by atoms with Crippen LogP contribution in [0.15, 0.2) is 77.2 Å². The van der Waals surface area contributed by atoms with Crippen LogP contribution in [0.5, 0.6) is 0 Å². The smallest absolute Gasteiger partial charge is 0.374 e. The molecule has 0 radical (unpaired) electrons. The topological polar surface area (TPSA) is 103 Å². The molecular weight excluding hydrogens is 410 g/mol. The van der Waals surface area contributed by atoms with E-state index < -0.39 is 18.5 Å². The number of hydrogen-bond donors (Lipinski definition) is 1. The summed E-state index contributed by atoms with van der Waals surface area (Å²) in [5.74, 6) is -2.10. The van der Waals surface area contributed by atoms with Crippen LogP contribution in [-0.4, -0.2) is 30.0 Å². The van der Waals surface area contributed by atoms with Gasteiger partial charge in [0.05, 0.1) is 11.3 Å². The average molecular weight is 425 g/mol. The van der Waals surface area contributed by atoms with Crippen molar-refractivity contribution < 1.29 is 28.3 Å². The molecule has 0 saturated heterocycles. The Morgan fingerprint density at radius 3 is 2.28 bits per heavy atom. The number of fused-ring (bicyclic) bond motifs is 3. The van der Waals surface area contributed by atoms with Crippen molar-refractivity contribution in [1.29, 1.82) is 0 Å². The third-order valence-corrected chi connectivity index (χ3v) is 5.19. The number of hydrogen-bond acceptors (Lipinski definition) is 6. The molecule has 1 aliphatic rings. The molecule has 156 valence electrons. The van der Waals surface area contributed by atoms with E-state index in [1.54, 1.807) is 54.6 Å². The molecule has 0 aliphatic heterocycles. The monoisotopic (exact) mass is 425 g/mol. The summed E-state index contributed by atoms with van der Waals surface area (Å²) in [4.78, 5) is 50.4. The maximum atomic E-state index is 13.0. The van der Waals surface area contributed by atoms with Crippen LogP contribution in [0.3, 0.4) is 0 Å². The van der Waals surface area contributed by atoms with Crippen molar-refractivity contribution in [1.82, 2.24) is 0 Å². The van der Waals surface area contributed by atoms with E-state index in [9.17, 15) is 19.2 Å². The fourth-order valence-electron chi connectivity index (χ4n) is 3.72. The quantitative estimate of drug-likeness (QED) is 0.437. The number of ether oxygens (including phenoxy) is 1. The molecule has 7 heteroatoms. The molecule has 7 nitrogen and oxygen atoms in total. The molecule has 1 amide bonds. The molecule has 32 heavy (non-hydrogen) atoms. The van der Waals surface area contributed by atoms with E-state index in [-0.39, 0.29) is 39.7 Å². The van der Waals surface area contributed by atoms with Gasteiger partial charge in [-0.15, -0.1) is 0 Å². The molecule has 0 bridgehead atoms. The van der Waals surface area contributed by atoms with E-state index in [4.69, 9.17) is 9.15 Å². The van der Waals surface area contributed by atoms with Crippen molar-refractivity contribution >= 4 is 40.1 Å². The number of amides is 1. The van der Waals surface area contributed by atoms with Gasteiger partial charge in [0.25, 0.3) is 5.91 Å². The van der Waals surface area contributed by atoms with Crippen LogP contribution in [0.25, 0.3) is 11.0 Å². The number of rotatable bonds is 4. The van der Waals surface area contributed by atoms with Crippen molar-refractivity contribution in [3.63, 3.8) is 0 Å². The van der Waals surface area contributed by atoms with E-state index in [1.165, 1.54) is 12.1 Å². The number of anilines is 1. The summed E-state index contributed by atoms with van der Waals surface area (Å²) in [6.45, 7) is -0.585. The molecular formula is C25H15NO6. The van der Waals surface area contributed by atoms with Gasteiger partial charge >= 0.3 is 5.97 Å². The van der Waals surface area contributed by atoms with Gasteiger partial charge in [-0.25, -0.2) is 4.79 Å². The molecule has 0 atom stereocenters. The lowest BCUT2D eigenvalue weighted by Gasteiger charge is -2.20. The van der Waals surface area contributed by atoms with E-state index in [0.717, 1.165) is 5.39 Å². The van der Waals surface area contributed by atoms with Gasteiger partial charge in [-0.2, -0.15) is 0 Å². The molecule has 0 spiro atoms. The minimum absolute atomic E-state index is 0.0199. The van der Waals surface area contributed by atoms with Gasteiger partial charge < -0.3 is 14.5 Å². The van der Waals surface area contributed by atoms with Gasteiger partial charge in [0.1, 0.15) is 5.58 Å². The standard InChI is InChI=1S/C25H15NO6/c27-21(13-31-25(30)20-12-14-6-1-4-11-19(14)32-20)26-18-10-5-9-17-22(18)24(29)16-8-3-2-7-15(16)23(17)28/h1-12H,13H2,(H,26,27). The second-order valence-corrected chi connectivity index (χ2v) is 7.20. The number of para-hydroxylation sites is 1. The van der Waals surface area contributed by atoms with Crippen molar-refractivity contribution in [2.24, 2.45) is 0 Å². The Bertz CT molecular complexity index is 1400.